The first-order valence-corrected chi connectivity index (χ1v) is 7.98. The lowest BCUT2D eigenvalue weighted by atomic mass is 9.73. The predicted octanol–water partition coefficient (Wildman–Crippen LogP) is 4.08. The van der Waals surface area contributed by atoms with Gasteiger partial charge < -0.3 is 14.6 Å². The van der Waals surface area contributed by atoms with Crippen LogP contribution in [0.1, 0.15) is 33.3 Å². The molecule has 0 saturated heterocycles. The first-order chi connectivity index (χ1) is 12.0. The Morgan fingerprint density at radius 1 is 1.00 bits per heavy atom. The van der Waals surface area contributed by atoms with Crippen molar-refractivity contribution in [3.8, 4) is 11.5 Å². The van der Waals surface area contributed by atoms with Crippen LogP contribution in [0, 0.1) is 5.92 Å². The summed E-state index contributed by atoms with van der Waals surface area (Å²) >= 11 is 0. The van der Waals surface area contributed by atoms with Crippen LogP contribution in [0.3, 0.4) is 0 Å². The summed E-state index contributed by atoms with van der Waals surface area (Å²) in [7, 11) is 0. The third kappa shape index (κ3) is 4.24. The molecule has 0 fully saturated rings. The molecule has 26 heavy (non-hydrogen) atoms. The van der Waals surface area contributed by atoms with Gasteiger partial charge in [-0.05, 0) is 31.9 Å². The van der Waals surface area contributed by atoms with Gasteiger partial charge in [-0.2, -0.15) is 0 Å². The fraction of sp³-hybridized carbons (Fsp3) is 0.444. The number of nitrogens with zero attached hydrogens (tertiary/aromatic N) is 2. The highest BCUT2D eigenvalue weighted by Gasteiger charge is 2.50. The number of rotatable bonds is 6. The summed E-state index contributed by atoms with van der Waals surface area (Å²) in [6.07, 6.45) is -0.479. The molecule has 8 heteroatoms. The van der Waals surface area contributed by atoms with E-state index < -0.39 is 23.3 Å². The van der Waals surface area contributed by atoms with Crippen molar-refractivity contribution < 1.29 is 27.8 Å². The lowest BCUT2D eigenvalue weighted by Gasteiger charge is -2.45. The van der Waals surface area contributed by atoms with Crippen molar-refractivity contribution in [3.63, 3.8) is 0 Å². The molecule has 2 aromatic rings. The van der Waals surface area contributed by atoms with Gasteiger partial charge in [-0.25, -0.2) is 9.97 Å². The number of hydrogen-bond donors (Lipinski definition) is 1. The molecule has 1 atom stereocenters. The van der Waals surface area contributed by atoms with Crippen LogP contribution in [0.25, 0.3) is 0 Å². The van der Waals surface area contributed by atoms with Gasteiger partial charge >= 0.3 is 6.36 Å². The van der Waals surface area contributed by atoms with Crippen molar-refractivity contribution >= 4 is 0 Å². The minimum absolute atomic E-state index is 0.132. The minimum Gasteiger partial charge on any atom is -0.484 e. The molecule has 2 rings (SSSR count). The molecule has 1 aromatic heterocycles. The lowest BCUT2D eigenvalue weighted by Crippen LogP contribution is -2.55. The topological polar surface area (TPSA) is 64.5 Å². The number of benzene rings is 1. The predicted molar refractivity (Wildman–Crippen MR) is 88.6 cm³/mol. The van der Waals surface area contributed by atoms with Crippen LogP contribution in [0.2, 0.25) is 0 Å². The van der Waals surface area contributed by atoms with E-state index >= 15 is 0 Å². The van der Waals surface area contributed by atoms with Crippen LogP contribution in [-0.4, -0.2) is 27.0 Å². The molecule has 0 bridgehead atoms. The highest BCUT2D eigenvalue weighted by molar-refractivity contribution is 5.34. The Hall–Kier alpha value is -2.35. The Kier molecular flexibility index (Phi) is 5.46. The SMILES string of the molecule is CC(C)C(O)(c1cncnc1)C(C)(C)Oc1cccc(OC(F)(F)F)c1. The zero-order valence-corrected chi connectivity index (χ0v) is 14.9. The standard InChI is InChI=1S/C18H21F3N2O3/c1-12(2)17(24,13-9-22-11-23-10-13)16(3,4)25-14-6-5-7-15(8-14)26-18(19,20)21/h5-12,24H,1-4H3. The average Bonchev–Trinajstić information content (AvgIpc) is 2.52. The van der Waals surface area contributed by atoms with Crippen molar-refractivity contribution in [2.45, 2.75) is 45.3 Å². The van der Waals surface area contributed by atoms with Crippen molar-refractivity contribution in [2.24, 2.45) is 5.92 Å². The summed E-state index contributed by atoms with van der Waals surface area (Å²) in [5.74, 6) is -0.562. The molecule has 0 aliphatic rings. The van der Waals surface area contributed by atoms with Gasteiger partial charge in [0.1, 0.15) is 29.0 Å². The maximum absolute atomic E-state index is 12.4. The van der Waals surface area contributed by atoms with Crippen molar-refractivity contribution in [1.29, 1.82) is 0 Å². The molecule has 0 radical (unpaired) electrons. The first-order valence-electron chi connectivity index (χ1n) is 7.98. The first kappa shape index (κ1) is 20.0. The summed E-state index contributed by atoms with van der Waals surface area (Å²) in [5, 5.41) is 11.4. The van der Waals surface area contributed by atoms with Gasteiger partial charge in [0.15, 0.2) is 0 Å². The van der Waals surface area contributed by atoms with Gasteiger partial charge in [-0.3, -0.25) is 0 Å². The lowest BCUT2D eigenvalue weighted by molar-refractivity contribution is -0.274. The second kappa shape index (κ2) is 7.11. The number of alkyl halides is 3. The van der Waals surface area contributed by atoms with Gasteiger partial charge in [-0.1, -0.05) is 19.9 Å². The molecule has 0 spiro atoms. The van der Waals surface area contributed by atoms with Crippen LogP contribution in [0.5, 0.6) is 11.5 Å². The van der Waals surface area contributed by atoms with Gasteiger partial charge in [0.2, 0.25) is 0 Å². The van der Waals surface area contributed by atoms with Crippen molar-refractivity contribution in [1.82, 2.24) is 9.97 Å². The molecule has 1 unspecified atom stereocenters. The minimum atomic E-state index is -4.80. The molecule has 0 aliphatic carbocycles. The third-order valence-corrected chi connectivity index (χ3v) is 4.17. The quantitative estimate of drug-likeness (QED) is 0.830. The fourth-order valence-corrected chi connectivity index (χ4v) is 2.98. The molecular formula is C18H21F3N2O3. The average molecular weight is 370 g/mol. The number of ether oxygens (including phenoxy) is 2. The number of halogens is 3. The molecule has 0 saturated carbocycles. The smallest absolute Gasteiger partial charge is 0.484 e. The Morgan fingerprint density at radius 3 is 2.04 bits per heavy atom. The highest BCUT2D eigenvalue weighted by Crippen LogP contribution is 2.42. The molecule has 0 amide bonds. The van der Waals surface area contributed by atoms with E-state index in [1.165, 1.54) is 36.9 Å². The van der Waals surface area contributed by atoms with Crippen LogP contribution < -0.4 is 9.47 Å². The van der Waals surface area contributed by atoms with Gasteiger partial charge in [0, 0.05) is 24.0 Å². The number of aliphatic hydroxyl groups is 1. The molecule has 1 heterocycles. The van der Waals surface area contributed by atoms with Crippen molar-refractivity contribution in [3.05, 3.63) is 48.5 Å². The zero-order valence-electron chi connectivity index (χ0n) is 14.9. The summed E-state index contributed by atoms with van der Waals surface area (Å²) < 4.78 is 47.0. The Balaban J connectivity index is 2.35. The van der Waals surface area contributed by atoms with Crippen LogP contribution in [0.15, 0.2) is 43.0 Å². The monoisotopic (exact) mass is 370 g/mol. The number of hydrogen-bond acceptors (Lipinski definition) is 5. The maximum Gasteiger partial charge on any atom is 0.573 e. The van der Waals surface area contributed by atoms with Gasteiger partial charge in [-0.15, -0.1) is 13.2 Å². The molecule has 142 valence electrons. The molecule has 1 N–H and O–H groups in total. The van der Waals surface area contributed by atoms with E-state index in [0.717, 1.165) is 6.07 Å². The normalized spacial score (nSPS) is 14.8. The third-order valence-electron chi connectivity index (χ3n) is 4.17. The van der Waals surface area contributed by atoms with E-state index in [4.69, 9.17) is 4.74 Å². The Bertz CT molecular complexity index is 736. The second-order valence-electron chi connectivity index (χ2n) is 6.68. The van der Waals surface area contributed by atoms with E-state index in [-0.39, 0.29) is 11.7 Å². The fourth-order valence-electron chi connectivity index (χ4n) is 2.98. The summed E-state index contributed by atoms with van der Waals surface area (Å²) in [6.45, 7) is 6.91. The van der Waals surface area contributed by atoms with Gasteiger partial charge in [0.05, 0.1) is 0 Å². The van der Waals surface area contributed by atoms with Crippen LogP contribution in [0.4, 0.5) is 13.2 Å². The molecule has 0 aliphatic heterocycles. The summed E-state index contributed by atoms with van der Waals surface area (Å²) in [6, 6.07) is 5.17. The zero-order chi connectivity index (χ0) is 19.6. The second-order valence-corrected chi connectivity index (χ2v) is 6.68. The molecule has 5 nitrogen and oxygen atoms in total. The number of aromatic nitrogens is 2. The van der Waals surface area contributed by atoms with E-state index in [0.29, 0.717) is 5.56 Å². The Morgan fingerprint density at radius 2 is 1.54 bits per heavy atom. The van der Waals surface area contributed by atoms with Crippen LogP contribution >= 0.6 is 0 Å². The largest absolute Gasteiger partial charge is 0.573 e. The van der Waals surface area contributed by atoms with Crippen molar-refractivity contribution in [2.75, 3.05) is 0 Å². The Labute approximate surface area is 149 Å². The summed E-state index contributed by atoms with van der Waals surface area (Å²) in [5.41, 5.74) is -2.25. The van der Waals surface area contributed by atoms with E-state index in [2.05, 4.69) is 14.7 Å². The van der Waals surface area contributed by atoms with Gasteiger partial charge in [0.25, 0.3) is 0 Å². The molecule has 1 aromatic carbocycles. The molecular weight excluding hydrogens is 349 g/mol. The maximum atomic E-state index is 12.4. The van der Waals surface area contributed by atoms with E-state index in [1.807, 2.05) is 0 Å². The van der Waals surface area contributed by atoms with E-state index in [1.54, 1.807) is 27.7 Å². The highest BCUT2D eigenvalue weighted by atomic mass is 19.4. The van der Waals surface area contributed by atoms with Crippen LogP contribution in [-0.2, 0) is 5.60 Å². The summed E-state index contributed by atoms with van der Waals surface area (Å²) in [4.78, 5) is 7.87. The van der Waals surface area contributed by atoms with E-state index in [9.17, 15) is 18.3 Å².